The first-order valence-corrected chi connectivity index (χ1v) is 9.89. The summed E-state index contributed by atoms with van der Waals surface area (Å²) >= 11 is 7.63. The molecule has 0 aliphatic rings. The molecular weight excluding hydrogens is 406 g/mol. The van der Waals surface area contributed by atoms with E-state index in [0.29, 0.717) is 31.8 Å². The van der Waals surface area contributed by atoms with E-state index in [4.69, 9.17) is 21.4 Å². The van der Waals surface area contributed by atoms with E-state index in [9.17, 15) is 13.6 Å². The summed E-state index contributed by atoms with van der Waals surface area (Å²) in [4.78, 5) is 11.8. The van der Waals surface area contributed by atoms with Crippen molar-refractivity contribution in [3.8, 4) is 11.5 Å². The molecule has 0 unspecified atom stereocenters. The highest BCUT2D eigenvalue weighted by Crippen LogP contribution is 2.39. The third kappa shape index (κ3) is 4.23. The Morgan fingerprint density at radius 3 is 2.64 bits per heavy atom. The minimum Gasteiger partial charge on any atom is -0.481 e. The van der Waals surface area contributed by atoms with Crippen molar-refractivity contribution in [3.63, 3.8) is 0 Å². The van der Waals surface area contributed by atoms with Gasteiger partial charge in [-0.3, -0.25) is 4.79 Å². The molecule has 0 amide bonds. The van der Waals surface area contributed by atoms with Crippen molar-refractivity contribution < 1.29 is 23.4 Å². The monoisotopic (exact) mass is 422 g/mol. The molecule has 0 spiro atoms. The van der Waals surface area contributed by atoms with Crippen molar-refractivity contribution in [2.45, 2.75) is 25.2 Å². The third-order valence-electron chi connectivity index (χ3n) is 4.25. The van der Waals surface area contributed by atoms with E-state index in [-0.39, 0.29) is 17.9 Å². The fourth-order valence-electron chi connectivity index (χ4n) is 2.94. The highest BCUT2D eigenvalue weighted by molar-refractivity contribution is 7.99. The molecule has 3 aromatic rings. The van der Waals surface area contributed by atoms with Crippen LogP contribution >= 0.6 is 23.4 Å². The Bertz CT molecular complexity index is 1070. The van der Waals surface area contributed by atoms with Crippen LogP contribution in [0.2, 0.25) is 5.02 Å². The number of halogens is 3. The molecule has 0 fully saturated rings. The minimum atomic E-state index is -1.01. The van der Waals surface area contributed by atoms with Crippen LogP contribution in [-0.4, -0.2) is 16.8 Å². The number of carbonyl (C=O) groups is 1. The second-order valence-electron chi connectivity index (χ2n) is 6.17. The molecule has 0 aliphatic carbocycles. The van der Waals surface area contributed by atoms with E-state index < -0.39 is 17.6 Å². The van der Waals surface area contributed by atoms with Crippen LogP contribution in [0.15, 0.2) is 41.3 Å². The van der Waals surface area contributed by atoms with Crippen LogP contribution in [0.25, 0.3) is 10.8 Å². The number of carboxylic acids is 1. The minimum absolute atomic E-state index is 0.105. The van der Waals surface area contributed by atoms with Crippen molar-refractivity contribution in [3.05, 3.63) is 64.2 Å². The molecule has 3 rings (SSSR count). The number of carboxylic acid groups (broad SMARTS) is 1. The SMILES string of the molecule is CCSc1cc(F)c(Oc2c(C)c(CC(=O)O)cc3ccc(F)cc23)cc1Cl. The van der Waals surface area contributed by atoms with Gasteiger partial charge in [-0.25, -0.2) is 8.78 Å². The van der Waals surface area contributed by atoms with E-state index in [0.717, 1.165) is 5.75 Å². The number of ether oxygens (including phenoxy) is 1. The van der Waals surface area contributed by atoms with Gasteiger partial charge in [0.15, 0.2) is 11.6 Å². The van der Waals surface area contributed by atoms with Crippen LogP contribution in [0.1, 0.15) is 18.1 Å². The summed E-state index contributed by atoms with van der Waals surface area (Å²) in [6.07, 6.45) is -0.231. The fraction of sp³-hybridized carbons (Fsp3) is 0.190. The lowest BCUT2D eigenvalue weighted by Crippen LogP contribution is -2.04. The maximum absolute atomic E-state index is 14.6. The molecule has 7 heteroatoms. The largest absolute Gasteiger partial charge is 0.481 e. The summed E-state index contributed by atoms with van der Waals surface area (Å²) in [5, 5.41) is 10.5. The number of aliphatic carboxylic acids is 1. The van der Waals surface area contributed by atoms with Gasteiger partial charge < -0.3 is 9.84 Å². The third-order valence-corrected chi connectivity index (χ3v) is 5.61. The Balaban J connectivity index is 2.16. The Hall–Kier alpha value is -2.31. The van der Waals surface area contributed by atoms with Gasteiger partial charge in [0.1, 0.15) is 11.6 Å². The van der Waals surface area contributed by atoms with Gasteiger partial charge >= 0.3 is 5.97 Å². The molecule has 146 valence electrons. The summed E-state index contributed by atoms with van der Waals surface area (Å²) < 4.78 is 34.2. The van der Waals surface area contributed by atoms with E-state index in [1.807, 2.05) is 6.92 Å². The average molecular weight is 423 g/mol. The van der Waals surface area contributed by atoms with Gasteiger partial charge in [-0.15, -0.1) is 11.8 Å². The van der Waals surface area contributed by atoms with Crippen LogP contribution < -0.4 is 4.74 Å². The van der Waals surface area contributed by atoms with E-state index in [1.165, 1.54) is 42.1 Å². The molecule has 3 nitrogen and oxygen atoms in total. The zero-order valence-electron chi connectivity index (χ0n) is 15.2. The lowest BCUT2D eigenvalue weighted by molar-refractivity contribution is -0.136. The quantitative estimate of drug-likeness (QED) is 0.454. The van der Waals surface area contributed by atoms with Crippen molar-refractivity contribution in [1.82, 2.24) is 0 Å². The van der Waals surface area contributed by atoms with Crippen molar-refractivity contribution in [2.75, 3.05) is 5.75 Å². The molecule has 0 heterocycles. The second-order valence-corrected chi connectivity index (χ2v) is 7.89. The summed E-state index contributed by atoms with van der Waals surface area (Å²) in [6.45, 7) is 3.60. The zero-order valence-corrected chi connectivity index (χ0v) is 16.8. The van der Waals surface area contributed by atoms with Crippen LogP contribution in [-0.2, 0) is 11.2 Å². The summed E-state index contributed by atoms with van der Waals surface area (Å²) in [5.74, 6) is -1.25. The standard InChI is InChI=1S/C21H17ClF2O3S/c1-3-28-19-10-17(24)18(9-16(19)22)27-21-11(2)13(7-20(25)26)6-12-4-5-14(23)8-15(12)21/h4-6,8-10H,3,7H2,1-2H3,(H,25,26). The lowest BCUT2D eigenvalue weighted by atomic mass is 9.98. The second kappa shape index (κ2) is 8.37. The molecule has 0 atom stereocenters. The van der Waals surface area contributed by atoms with E-state index >= 15 is 0 Å². The molecule has 1 N–H and O–H groups in total. The first kappa shape index (κ1) is 20.4. The smallest absolute Gasteiger partial charge is 0.307 e. The molecular formula is C21H17ClF2O3S. The molecule has 28 heavy (non-hydrogen) atoms. The van der Waals surface area contributed by atoms with E-state index in [1.54, 1.807) is 13.0 Å². The van der Waals surface area contributed by atoms with Crippen molar-refractivity contribution in [2.24, 2.45) is 0 Å². The maximum atomic E-state index is 14.6. The highest BCUT2D eigenvalue weighted by Gasteiger charge is 2.18. The van der Waals surface area contributed by atoms with Crippen LogP contribution in [0.4, 0.5) is 8.78 Å². The van der Waals surface area contributed by atoms with Gasteiger partial charge in [0.2, 0.25) is 0 Å². The van der Waals surface area contributed by atoms with Crippen LogP contribution in [0.5, 0.6) is 11.5 Å². The van der Waals surface area contributed by atoms with Gasteiger partial charge in [-0.1, -0.05) is 30.7 Å². The van der Waals surface area contributed by atoms with Gasteiger partial charge in [-0.05, 0) is 47.4 Å². The number of thioether (sulfide) groups is 1. The number of hydrogen-bond acceptors (Lipinski definition) is 3. The number of benzene rings is 3. The summed E-state index contributed by atoms with van der Waals surface area (Å²) in [6, 6.07) is 8.44. The maximum Gasteiger partial charge on any atom is 0.307 e. The Morgan fingerprint density at radius 2 is 1.96 bits per heavy atom. The topological polar surface area (TPSA) is 46.5 Å². The molecule has 3 aromatic carbocycles. The predicted octanol–water partition coefficient (Wildman–Crippen LogP) is 6.61. The van der Waals surface area contributed by atoms with Crippen LogP contribution in [0.3, 0.4) is 0 Å². The average Bonchev–Trinajstić information content (AvgIpc) is 2.62. The number of rotatable bonds is 6. The van der Waals surface area contributed by atoms with Crippen LogP contribution in [0, 0.1) is 18.6 Å². The van der Waals surface area contributed by atoms with Crippen molar-refractivity contribution in [1.29, 1.82) is 0 Å². The Morgan fingerprint density at radius 1 is 1.21 bits per heavy atom. The molecule has 0 saturated carbocycles. The fourth-order valence-corrected chi connectivity index (χ4v) is 3.95. The highest BCUT2D eigenvalue weighted by atomic mass is 35.5. The Kier molecular flexibility index (Phi) is 6.10. The van der Waals surface area contributed by atoms with Crippen molar-refractivity contribution >= 4 is 40.1 Å². The summed E-state index contributed by atoms with van der Waals surface area (Å²) in [7, 11) is 0. The number of fused-ring (bicyclic) bond motifs is 1. The van der Waals surface area contributed by atoms with Gasteiger partial charge in [0.05, 0.1) is 11.4 Å². The zero-order chi connectivity index (χ0) is 20.4. The Labute approximate surface area is 170 Å². The van der Waals surface area contributed by atoms with Gasteiger partial charge in [-0.2, -0.15) is 0 Å². The molecule has 0 aromatic heterocycles. The first-order valence-electron chi connectivity index (χ1n) is 8.53. The number of hydrogen-bond donors (Lipinski definition) is 1. The first-order chi connectivity index (χ1) is 13.3. The molecule has 0 radical (unpaired) electrons. The molecule has 0 bridgehead atoms. The normalized spacial score (nSPS) is 11.0. The van der Waals surface area contributed by atoms with Gasteiger partial charge in [0.25, 0.3) is 0 Å². The molecule has 0 saturated heterocycles. The van der Waals surface area contributed by atoms with Gasteiger partial charge in [0, 0.05) is 16.3 Å². The lowest BCUT2D eigenvalue weighted by Gasteiger charge is -2.17. The predicted molar refractivity (Wildman–Crippen MR) is 108 cm³/mol. The molecule has 0 aliphatic heterocycles. The summed E-state index contributed by atoms with van der Waals surface area (Å²) in [5.41, 5.74) is 1.01. The van der Waals surface area contributed by atoms with E-state index in [2.05, 4.69) is 0 Å².